The molecule has 0 bridgehead atoms. The van der Waals surface area contributed by atoms with Gasteiger partial charge in [0.1, 0.15) is 18.1 Å². The van der Waals surface area contributed by atoms with E-state index in [2.05, 4.69) is 12.1 Å². The molecule has 0 aromatic heterocycles. The Morgan fingerprint density at radius 2 is 1.92 bits per heavy atom. The molecule has 2 aromatic carbocycles. The van der Waals surface area contributed by atoms with Gasteiger partial charge in [-0.1, -0.05) is 12.1 Å². The molecule has 1 aliphatic rings. The zero-order valence-corrected chi connectivity index (χ0v) is 15.0. The van der Waals surface area contributed by atoms with E-state index in [1.54, 1.807) is 25.3 Å². The van der Waals surface area contributed by atoms with Gasteiger partial charge in [-0.05, 0) is 48.0 Å². The first-order valence-corrected chi connectivity index (χ1v) is 8.83. The highest BCUT2D eigenvalue weighted by atomic mass is 19.1. The van der Waals surface area contributed by atoms with E-state index in [-0.39, 0.29) is 11.7 Å². The van der Waals surface area contributed by atoms with E-state index in [9.17, 15) is 9.18 Å². The minimum atomic E-state index is -0.296. The molecule has 1 fully saturated rings. The predicted octanol–water partition coefficient (Wildman–Crippen LogP) is 1.77. The summed E-state index contributed by atoms with van der Waals surface area (Å²) in [5.74, 6) is 0.553. The lowest BCUT2D eigenvalue weighted by atomic mass is 10.2. The van der Waals surface area contributed by atoms with Crippen molar-refractivity contribution in [2.24, 2.45) is 0 Å². The van der Waals surface area contributed by atoms with Crippen molar-refractivity contribution in [3.63, 3.8) is 0 Å². The highest BCUT2D eigenvalue weighted by Crippen LogP contribution is 2.10. The summed E-state index contributed by atoms with van der Waals surface area (Å²) in [6.45, 7) is 4.26. The number of hydrogen-bond acceptors (Lipinski definition) is 2. The number of piperazine rings is 1. The van der Waals surface area contributed by atoms with Gasteiger partial charge in [0.25, 0.3) is 0 Å². The maximum absolute atomic E-state index is 13.2. The molecule has 2 aromatic rings. The highest BCUT2D eigenvalue weighted by Gasteiger charge is 2.22. The van der Waals surface area contributed by atoms with Crippen LogP contribution in [-0.2, 0) is 11.3 Å². The number of amides is 1. The van der Waals surface area contributed by atoms with Crippen molar-refractivity contribution in [3.8, 4) is 5.75 Å². The Kier molecular flexibility index (Phi) is 6.02. The van der Waals surface area contributed by atoms with Crippen LogP contribution in [0.4, 0.5) is 4.39 Å². The van der Waals surface area contributed by atoms with Gasteiger partial charge in [-0.3, -0.25) is 4.79 Å². The third-order valence-corrected chi connectivity index (χ3v) is 4.66. The average molecular weight is 355 g/mol. The highest BCUT2D eigenvalue weighted by molar-refractivity contribution is 5.91. The van der Waals surface area contributed by atoms with Gasteiger partial charge in [0.15, 0.2) is 0 Å². The lowest BCUT2D eigenvalue weighted by Gasteiger charge is -2.31. The molecule has 1 aliphatic heterocycles. The molecule has 0 atom stereocenters. The summed E-state index contributed by atoms with van der Waals surface area (Å²) in [7, 11) is 1.67. The van der Waals surface area contributed by atoms with Crippen LogP contribution in [0.3, 0.4) is 0 Å². The van der Waals surface area contributed by atoms with Crippen LogP contribution in [0.5, 0.6) is 5.75 Å². The van der Waals surface area contributed by atoms with Crippen molar-refractivity contribution in [1.82, 2.24) is 4.90 Å². The lowest BCUT2D eigenvalue weighted by Crippen LogP contribution is -3.13. The molecule has 0 unspecified atom stereocenters. The second-order valence-corrected chi connectivity index (χ2v) is 6.49. The maximum atomic E-state index is 13.2. The van der Waals surface area contributed by atoms with Gasteiger partial charge in [-0.25, -0.2) is 4.39 Å². The lowest BCUT2D eigenvalue weighted by molar-refractivity contribution is -0.917. The molecule has 5 heteroatoms. The molecule has 1 saturated heterocycles. The van der Waals surface area contributed by atoms with E-state index in [4.69, 9.17) is 4.74 Å². The molecule has 136 valence electrons. The van der Waals surface area contributed by atoms with Gasteiger partial charge in [-0.2, -0.15) is 0 Å². The number of ether oxygens (including phenoxy) is 1. The molecule has 3 rings (SSSR count). The molecule has 1 N–H and O–H groups in total. The number of carbonyl (C=O) groups excluding carboxylic acids is 1. The van der Waals surface area contributed by atoms with Crippen LogP contribution in [0, 0.1) is 5.82 Å². The molecular formula is C21H24FN2O2+. The first-order chi connectivity index (χ1) is 12.6. The maximum Gasteiger partial charge on any atom is 0.246 e. The fourth-order valence-electron chi connectivity index (χ4n) is 3.14. The Labute approximate surface area is 153 Å². The second-order valence-electron chi connectivity index (χ2n) is 6.49. The Morgan fingerprint density at radius 1 is 1.19 bits per heavy atom. The molecule has 4 nitrogen and oxygen atoms in total. The number of benzene rings is 2. The Morgan fingerprint density at radius 3 is 2.58 bits per heavy atom. The number of halogens is 1. The summed E-state index contributed by atoms with van der Waals surface area (Å²) in [6.07, 6.45) is 3.20. The normalized spacial score (nSPS) is 15.4. The van der Waals surface area contributed by atoms with Crippen molar-refractivity contribution in [2.45, 2.75) is 6.54 Å². The molecule has 0 spiro atoms. The number of hydrogen-bond donors (Lipinski definition) is 1. The van der Waals surface area contributed by atoms with E-state index in [0.29, 0.717) is 5.56 Å². The number of quaternary nitrogens is 1. The standard InChI is InChI=1S/C21H23FN2O2/c1-26-20-8-5-18(6-9-20)16-23-11-13-24(14-12-23)21(25)10-7-17-3-2-4-19(22)15-17/h2-10,15H,11-14,16H2,1H3/p+1/b10-7+. The third kappa shape index (κ3) is 4.92. The topological polar surface area (TPSA) is 34.0 Å². The van der Waals surface area contributed by atoms with Gasteiger partial charge >= 0.3 is 0 Å². The molecule has 1 amide bonds. The van der Waals surface area contributed by atoms with Gasteiger partial charge < -0.3 is 14.5 Å². The van der Waals surface area contributed by atoms with E-state index in [1.807, 2.05) is 17.0 Å². The van der Waals surface area contributed by atoms with Crippen molar-refractivity contribution in [1.29, 1.82) is 0 Å². The first kappa shape index (κ1) is 18.1. The quantitative estimate of drug-likeness (QED) is 0.830. The van der Waals surface area contributed by atoms with Crippen LogP contribution < -0.4 is 9.64 Å². The average Bonchev–Trinajstić information content (AvgIpc) is 2.67. The van der Waals surface area contributed by atoms with Crippen LogP contribution in [0.1, 0.15) is 11.1 Å². The molecule has 0 aliphatic carbocycles. The Balaban J connectivity index is 1.48. The fraction of sp³-hybridized carbons (Fsp3) is 0.286. The molecule has 0 radical (unpaired) electrons. The van der Waals surface area contributed by atoms with Gasteiger partial charge in [0, 0.05) is 11.6 Å². The first-order valence-electron chi connectivity index (χ1n) is 8.83. The predicted molar refractivity (Wildman–Crippen MR) is 99.4 cm³/mol. The summed E-state index contributed by atoms with van der Waals surface area (Å²) >= 11 is 0. The zero-order chi connectivity index (χ0) is 18.4. The number of carbonyl (C=O) groups is 1. The SMILES string of the molecule is COc1ccc(C[NH+]2CCN(C(=O)/C=C/c3cccc(F)c3)CC2)cc1. The number of methoxy groups -OCH3 is 1. The number of nitrogens with one attached hydrogen (secondary N) is 1. The summed E-state index contributed by atoms with van der Waals surface area (Å²) in [5, 5.41) is 0. The molecule has 0 saturated carbocycles. The Bertz CT molecular complexity index is 766. The number of rotatable bonds is 5. The van der Waals surface area contributed by atoms with Gasteiger partial charge in [0.05, 0.1) is 33.3 Å². The monoisotopic (exact) mass is 355 g/mol. The second kappa shape index (κ2) is 8.63. The van der Waals surface area contributed by atoms with Crippen LogP contribution in [-0.4, -0.2) is 44.1 Å². The molecule has 26 heavy (non-hydrogen) atoms. The molecule has 1 heterocycles. The van der Waals surface area contributed by atoms with Gasteiger partial charge in [-0.15, -0.1) is 0 Å². The van der Waals surface area contributed by atoms with E-state index < -0.39 is 0 Å². The van der Waals surface area contributed by atoms with Crippen molar-refractivity contribution in [3.05, 3.63) is 71.6 Å². The Hall–Kier alpha value is -2.66. The minimum absolute atomic E-state index is 0.0160. The summed E-state index contributed by atoms with van der Waals surface area (Å²) in [5.41, 5.74) is 1.97. The van der Waals surface area contributed by atoms with Crippen LogP contribution in [0.15, 0.2) is 54.6 Å². The molecular weight excluding hydrogens is 331 g/mol. The van der Waals surface area contributed by atoms with Crippen molar-refractivity contribution in [2.75, 3.05) is 33.3 Å². The smallest absolute Gasteiger partial charge is 0.246 e. The van der Waals surface area contributed by atoms with Crippen LogP contribution in [0.25, 0.3) is 6.08 Å². The number of nitrogens with zero attached hydrogens (tertiary/aromatic N) is 1. The van der Waals surface area contributed by atoms with Crippen molar-refractivity contribution < 1.29 is 18.8 Å². The summed E-state index contributed by atoms with van der Waals surface area (Å²) < 4.78 is 18.4. The largest absolute Gasteiger partial charge is 0.497 e. The van der Waals surface area contributed by atoms with Crippen molar-refractivity contribution >= 4 is 12.0 Å². The van der Waals surface area contributed by atoms with Crippen LogP contribution >= 0.6 is 0 Å². The zero-order valence-electron chi connectivity index (χ0n) is 15.0. The van der Waals surface area contributed by atoms with Gasteiger partial charge in [0.2, 0.25) is 5.91 Å². The van der Waals surface area contributed by atoms with E-state index >= 15 is 0 Å². The van der Waals surface area contributed by atoms with E-state index in [0.717, 1.165) is 38.5 Å². The minimum Gasteiger partial charge on any atom is -0.497 e. The van der Waals surface area contributed by atoms with E-state index in [1.165, 1.54) is 28.7 Å². The summed E-state index contributed by atoms with van der Waals surface area (Å²) in [4.78, 5) is 15.6. The third-order valence-electron chi connectivity index (χ3n) is 4.66. The fourth-order valence-corrected chi connectivity index (χ4v) is 3.14. The summed E-state index contributed by atoms with van der Waals surface area (Å²) in [6, 6.07) is 14.4. The van der Waals surface area contributed by atoms with Crippen LogP contribution in [0.2, 0.25) is 0 Å².